The van der Waals surface area contributed by atoms with Gasteiger partial charge in [0, 0.05) is 0 Å². The average molecular weight is 391 g/mol. The number of hydrogen-bond donors (Lipinski definition) is 2. The molecule has 27 heavy (non-hydrogen) atoms. The van der Waals surface area contributed by atoms with Crippen LogP contribution in [0.15, 0.2) is 47.4 Å². The van der Waals surface area contributed by atoms with Crippen molar-refractivity contribution < 1.29 is 23.1 Å². The number of aromatic carboxylic acids is 1. The summed E-state index contributed by atoms with van der Waals surface area (Å²) in [7, 11) is -4.03. The molecule has 2 aromatic rings. The van der Waals surface area contributed by atoms with E-state index in [0.29, 0.717) is 6.61 Å². The van der Waals surface area contributed by atoms with Crippen molar-refractivity contribution in [1.29, 1.82) is 0 Å². The van der Waals surface area contributed by atoms with Gasteiger partial charge in [-0.2, -0.15) is 0 Å². The fourth-order valence-electron chi connectivity index (χ4n) is 2.50. The number of carbonyl (C=O) groups is 1. The monoisotopic (exact) mass is 391 g/mol. The molecule has 0 aliphatic rings. The van der Waals surface area contributed by atoms with Gasteiger partial charge in [0.25, 0.3) is 10.0 Å². The molecule has 0 radical (unpaired) electrons. The van der Waals surface area contributed by atoms with E-state index in [0.717, 1.165) is 18.4 Å². The van der Waals surface area contributed by atoms with Gasteiger partial charge in [0.05, 0.1) is 17.9 Å². The van der Waals surface area contributed by atoms with E-state index in [1.165, 1.54) is 12.1 Å². The van der Waals surface area contributed by atoms with Crippen LogP contribution in [0.2, 0.25) is 0 Å². The zero-order chi connectivity index (χ0) is 20.0. The maximum atomic E-state index is 13.0. The number of carboxylic acid groups (broad SMARTS) is 1. The summed E-state index contributed by atoms with van der Waals surface area (Å²) in [4.78, 5) is 11.4. The fourth-order valence-corrected chi connectivity index (χ4v) is 3.76. The van der Waals surface area contributed by atoms with Crippen molar-refractivity contribution in [2.45, 2.75) is 44.4 Å². The molecule has 2 N–H and O–H groups in total. The predicted molar refractivity (Wildman–Crippen MR) is 105 cm³/mol. The van der Waals surface area contributed by atoms with Crippen molar-refractivity contribution in [3.05, 3.63) is 53.6 Å². The molecule has 6 nitrogen and oxygen atoms in total. The average Bonchev–Trinajstić information content (AvgIpc) is 2.61. The molecule has 0 unspecified atom stereocenters. The van der Waals surface area contributed by atoms with E-state index in [4.69, 9.17) is 4.74 Å². The van der Waals surface area contributed by atoms with Crippen LogP contribution in [0, 0.1) is 0 Å². The van der Waals surface area contributed by atoms with Crippen LogP contribution in [-0.2, 0) is 10.0 Å². The van der Waals surface area contributed by atoms with Crippen molar-refractivity contribution in [3.8, 4) is 5.75 Å². The summed E-state index contributed by atoms with van der Waals surface area (Å²) in [6.07, 6.45) is 1.73. The minimum absolute atomic E-state index is 0.00462. The van der Waals surface area contributed by atoms with Crippen molar-refractivity contribution in [2.75, 3.05) is 11.3 Å². The minimum atomic E-state index is -4.03. The third-order valence-corrected chi connectivity index (χ3v) is 5.47. The summed E-state index contributed by atoms with van der Waals surface area (Å²) in [6.45, 7) is 6.37. The van der Waals surface area contributed by atoms with Crippen LogP contribution in [0.5, 0.6) is 5.75 Å². The van der Waals surface area contributed by atoms with Crippen LogP contribution in [-0.4, -0.2) is 26.1 Å². The minimum Gasteiger partial charge on any atom is -0.492 e. The first kappa shape index (κ1) is 20.8. The van der Waals surface area contributed by atoms with Crippen molar-refractivity contribution in [2.24, 2.45) is 0 Å². The molecule has 0 saturated heterocycles. The maximum absolute atomic E-state index is 13.0. The smallest absolute Gasteiger partial charge is 0.337 e. The molecule has 7 heteroatoms. The van der Waals surface area contributed by atoms with E-state index < -0.39 is 16.0 Å². The van der Waals surface area contributed by atoms with E-state index in [-0.39, 0.29) is 27.8 Å². The summed E-state index contributed by atoms with van der Waals surface area (Å²) in [5, 5.41) is 9.29. The number of hydrogen-bond acceptors (Lipinski definition) is 4. The molecule has 146 valence electrons. The van der Waals surface area contributed by atoms with Crippen LogP contribution in [0.3, 0.4) is 0 Å². The lowest BCUT2D eigenvalue weighted by Crippen LogP contribution is -2.17. The number of anilines is 1. The van der Waals surface area contributed by atoms with Gasteiger partial charge in [-0.15, -0.1) is 0 Å². The molecular formula is C20H25NO5S. The molecule has 2 aromatic carbocycles. The number of sulfonamides is 1. The Balaban J connectivity index is 2.46. The predicted octanol–water partition coefficient (Wildman–Crippen LogP) is 4.49. The number of para-hydroxylation sites is 1. The van der Waals surface area contributed by atoms with Gasteiger partial charge in [0.1, 0.15) is 10.6 Å². The SMILES string of the molecule is CCCCOc1ccc(C(C)C)cc1S(=O)(=O)Nc1ccccc1C(=O)O. The molecule has 0 bridgehead atoms. The Hall–Kier alpha value is -2.54. The summed E-state index contributed by atoms with van der Waals surface area (Å²) in [5.41, 5.74) is 0.749. The standard InChI is InChI=1S/C20H25NO5S/c1-4-5-12-26-18-11-10-15(14(2)3)13-19(18)27(24,25)21-17-9-7-6-8-16(17)20(22)23/h6-11,13-14,21H,4-5,12H2,1-3H3,(H,22,23). The van der Waals surface area contributed by atoms with Gasteiger partial charge in [-0.3, -0.25) is 4.72 Å². The molecule has 0 saturated carbocycles. The van der Waals surface area contributed by atoms with E-state index in [1.807, 2.05) is 26.8 Å². The third kappa shape index (κ3) is 5.23. The van der Waals surface area contributed by atoms with Gasteiger partial charge in [0.15, 0.2) is 0 Å². The summed E-state index contributed by atoms with van der Waals surface area (Å²) < 4.78 is 34.1. The molecule has 0 aromatic heterocycles. The van der Waals surface area contributed by atoms with Crippen molar-refractivity contribution in [1.82, 2.24) is 0 Å². The van der Waals surface area contributed by atoms with Crippen molar-refractivity contribution >= 4 is 21.7 Å². The third-order valence-electron chi connectivity index (χ3n) is 4.08. The molecule has 0 amide bonds. The van der Waals surface area contributed by atoms with Gasteiger partial charge in [-0.25, -0.2) is 13.2 Å². The van der Waals surface area contributed by atoms with Crippen LogP contribution < -0.4 is 9.46 Å². The van der Waals surface area contributed by atoms with Crippen LogP contribution >= 0.6 is 0 Å². The van der Waals surface area contributed by atoms with E-state index in [9.17, 15) is 18.3 Å². The van der Waals surface area contributed by atoms with E-state index >= 15 is 0 Å². The lowest BCUT2D eigenvalue weighted by atomic mass is 10.0. The number of nitrogens with one attached hydrogen (secondary N) is 1. The second-order valence-electron chi connectivity index (χ2n) is 6.52. The molecule has 0 fully saturated rings. The molecule has 0 spiro atoms. The van der Waals surface area contributed by atoms with Crippen molar-refractivity contribution in [3.63, 3.8) is 0 Å². The topological polar surface area (TPSA) is 92.7 Å². The number of carboxylic acids is 1. The second-order valence-corrected chi connectivity index (χ2v) is 8.17. The van der Waals surface area contributed by atoms with Crippen LogP contribution in [0.1, 0.15) is 55.5 Å². The van der Waals surface area contributed by atoms with Gasteiger partial charge in [-0.1, -0.05) is 45.4 Å². The Bertz CT molecular complexity index is 906. The van der Waals surface area contributed by atoms with Gasteiger partial charge >= 0.3 is 5.97 Å². The highest BCUT2D eigenvalue weighted by atomic mass is 32.2. The van der Waals surface area contributed by atoms with Gasteiger partial charge in [0.2, 0.25) is 0 Å². The molecule has 0 heterocycles. The second kappa shape index (κ2) is 8.90. The maximum Gasteiger partial charge on any atom is 0.337 e. The van der Waals surface area contributed by atoms with Crippen LogP contribution in [0.25, 0.3) is 0 Å². The molecular weight excluding hydrogens is 366 g/mol. The molecule has 2 rings (SSSR count). The summed E-state index contributed by atoms with van der Waals surface area (Å²) in [6, 6.07) is 11.0. The normalized spacial score (nSPS) is 11.4. The highest BCUT2D eigenvalue weighted by Crippen LogP contribution is 2.30. The molecule has 0 aliphatic heterocycles. The lowest BCUT2D eigenvalue weighted by Gasteiger charge is -2.16. The highest BCUT2D eigenvalue weighted by Gasteiger charge is 2.23. The first-order chi connectivity index (χ1) is 12.8. The zero-order valence-corrected chi connectivity index (χ0v) is 16.5. The number of unbranched alkanes of at least 4 members (excludes halogenated alkanes) is 1. The highest BCUT2D eigenvalue weighted by molar-refractivity contribution is 7.92. The largest absolute Gasteiger partial charge is 0.492 e. The molecule has 0 atom stereocenters. The number of benzene rings is 2. The van der Waals surface area contributed by atoms with E-state index in [1.54, 1.807) is 24.3 Å². The zero-order valence-electron chi connectivity index (χ0n) is 15.7. The lowest BCUT2D eigenvalue weighted by molar-refractivity contribution is 0.0698. The summed E-state index contributed by atoms with van der Waals surface area (Å²) in [5.74, 6) is -0.813. The van der Waals surface area contributed by atoms with E-state index in [2.05, 4.69) is 4.72 Å². The Morgan fingerprint density at radius 1 is 1.19 bits per heavy atom. The molecule has 0 aliphatic carbocycles. The number of rotatable bonds is 9. The summed E-state index contributed by atoms with van der Waals surface area (Å²) >= 11 is 0. The first-order valence-corrected chi connectivity index (χ1v) is 10.4. The van der Waals surface area contributed by atoms with Gasteiger partial charge in [-0.05, 0) is 42.2 Å². The van der Waals surface area contributed by atoms with Crippen LogP contribution in [0.4, 0.5) is 5.69 Å². The fraction of sp³-hybridized carbons (Fsp3) is 0.350. The Morgan fingerprint density at radius 3 is 2.52 bits per heavy atom. The number of ether oxygens (including phenoxy) is 1. The van der Waals surface area contributed by atoms with Gasteiger partial charge < -0.3 is 9.84 Å². The quantitative estimate of drug-likeness (QED) is 0.615. The Kier molecular flexibility index (Phi) is 6.85. The Labute approximate surface area is 160 Å². The Morgan fingerprint density at radius 2 is 1.89 bits per heavy atom. The first-order valence-electron chi connectivity index (χ1n) is 8.88.